The van der Waals surface area contributed by atoms with Crippen LogP contribution in [0.25, 0.3) is 87.8 Å². The van der Waals surface area contributed by atoms with Gasteiger partial charge in [-0.2, -0.15) is 0 Å². The second-order valence-corrected chi connectivity index (χ2v) is 25.7. The second kappa shape index (κ2) is 15.3. The van der Waals surface area contributed by atoms with Gasteiger partial charge >= 0.3 is 0 Å². The van der Waals surface area contributed by atoms with Crippen LogP contribution in [0.1, 0.15) is 105 Å². The van der Waals surface area contributed by atoms with E-state index in [1.807, 2.05) is 12.1 Å². The molecule has 6 heteroatoms. The molecule has 0 aliphatic heterocycles. The van der Waals surface area contributed by atoms with E-state index in [9.17, 15) is 0 Å². The molecule has 4 heterocycles. The van der Waals surface area contributed by atoms with E-state index < -0.39 is 0 Å². The Bertz CT molecular complexity index is 4390. The van der Waals surface area contributed by atoms with Crippen LogP contribution in [-0.4, -0.2) is 0 Å². The highest BCUT2D eigenvalue weighted by Gasteiger charge is 2.58. The third kappa shape index (κ3) is 5.83. The molecule has 0 bridgehead atoms. The molecular formula is C72H64N2O4. The van der Waals surface area contributed by atoms with Gasteiger partial charge in [-0.15, -0.1) is 0 Å². The molecule has 0 fully saturated rings. The Morgan fingerprint density at radius 2 is 0.628 bits per heavy atom. The van der Waals surface area contributed by atoms with Crippen molar-refractivity contribution >= 4 is 122 Å². The normalized spacial score (nSPS) is 17.6. The van der Waals surface area contributed by atoms with Crippen molar-refractivity contribution < 1.29 is 17.7 Å². The number of para-hydroxylation sites is 4. The average molecular weight is 1020 g/mol. The molecule has 0 radical (unpaired) electrons. The summed E-state index contributed by atoms with van der Waals surface area (Å²) in [6, 6.07) is 61.0. The number of furan rings is 4. The second-order valence-electron chi connectivity index (χ2n) is 25.7. The van der Waals surface area contributed by atoms with Gasteiger partial charge in [-0.3, -0.25) is 0 Å². The van der Waals surface area contributed by atoms with E-state index >= 15 is 0 Å². The summed E-state index contributed by atoms with van der Waals surface area (Å²) in [6.07, 6.45) is 0. The number of anilines is 6. The molecule has 6 nitrogen and oxygen atoms in total. The smallest absolute Gasteiger partial charge is 0.160 e. The summed E-state index contributed by atoms with van der Waals surface area (Å²) in [5.41, 5.74) is 17.6. The molecule has 2 aliphatic rings. The van der Waals surface area contributed by atoms with Crippen LogP contribution in [0.3, 0.4) is 0 Å². The van der Waals surface area contributed by atoms with Gasteiger partial charge in [0, 0.05) is 78.0 Å². The standard InChI is InChI=1S/C72H64N2O4/c1-67(2)49-33-31-43(35-51(49)69(5,6)71(67,9)10)73(41-23-15-13-16-24-41)53-39-59-61(63-45-27-19-21-29-55(45)77-65(53)63)47-37-58-48(38-57(47)75-59)62-60(76-58)40-54(66-64(62)46-28-20-22-30-56(46)78-66)74(42-25-17-14-18-26-42)44-32-34-50-52(36-44)70(7,8)72(11,12)68(50,3)4/h13-40H,1-12H3. The summed E-state index contributed by atoms with van der Waals surface area (Å²) < 4.78 is 28.6. The largest absolute Gasteiger partial charge is 0.456 e. The van der Waals surface area contributed by atoms with Gasteiger partial charge < -0.3 is 27.5 Å². The topological polar surface area (TPSA) is 59.0 Å². The lowest BCUT2D eigenvalue weighted by Gasteiger charge is -2.44. The Hall–Kier alpha value is -8.22. The molecule has 4 aromatic heterocycles. The monoisotopic (exact) mass is 1020 g/mol. The van der Waals surface area contributed by atoms with Crippen molar-refractivity contribution in [1.29, 1.82) is 0 Å². The summed E-state index contributed by atoms with van der Waals surface area (Å²) in [6.45, 7) is 28.9. The van der Waals surface area contributed by atoms with Gasteiger partial charge in [0.05, 0.1) is 11.4 Å². The third-order valence-electron chi connectivity index (χ3n) is 21.2. The lowest BCUT2D eigenvalue weighted by molar-refractivity contribution is 0.125. The predicted molar refractivity (Wildman–Crippen MR) is 325 cm³/mol. The molecule has 386 valence electrons. The van der Waals surface area contributed by atoms with Gasteiger partial charge in [0.2, 0.25) is 0 Å². The van der Waals surface area contributed by atoms with Crippen LogP contribution < -0.4 is 9.80 Å². The summed E-state index contributed by atoms with van der Waals surface area (Å²) in [5, 5.41) is 7.96. The van der Waals surface area contributed by atoms with Crippen molar-refractivity contribution in [2.45, 2.75) is 105 Å². The number of fused-ring (bicyclic) bond motifs is 16. The molecule has 78 heavy (non-hydrogen) atoms. The number of benzene rings is 9. The highest BCUT2D eigenvalue weighted by atomic mass is 16.3. The quantitative estimate of drug-likeness (QED) is 0.165. The van der Waals surface area contributed by atoms with E-state index in [4.69, 9.17) is 17.7 Å². The van der Waals surface area contributed by atoms with Crippen molar-refractivity contribution in [1.82, 2.24) is 0 Å². The first-order valence-corrected chi connectivity index (χ1v) is 27.7. The van der Waals surface area contributed by atoms with Crippen molar-refractivity contribution in [2.24, 2.45) is 10.8 Å². The first-order chi connectivity index (χ1) is 37.2. The molecule has 0 saturated carbocycles. The van der Waals surface area contributed by atoms with Gasteiger partial charge in [0.25, 0.3) is 0 Å². The predicted octanol–water partition coefficient (Wildman–Crippen LogP) is 21.4. The minimum atomic E-state index is -0.0888. The molecule has 0 saturated heterocycles. The molecule has 15 rings (SSSR count). The van der Waals surface area contributed by atoms with E-state index in [0.29, 0.717) is 0 Å². The van der Waals surface area contributed by atoms with Crippen molar-refractivity contribution in [2.75, 3.05) is 9.80 Å². The van der Waals surface area contributed by atoms with Crippen LogP contribution in [0, 0.1) is 10.8 Å². The Labute approximate surface area is 454 Å². The highest BCUT2D eigenvalue weighted by molar-refractivity contribution is 6.33. The fourth-order valence-electron chi connectivity index (χ4n) is 14.5. The summed E-state index contributed by atoms with van der Waals surface area (Å²) in [4.78, 5) is 4.71. The lowest BCUT2D eigenvalue weighted by atomic mass is 9.59. The van der Waals surface area contributed by atoms with E-state index in [2.05, 4.69) is 251 Å². The van der Waals surface area contributed by atoms with Gasteiger partial charge in [-0.25, -0.2) is 0 Å². The van der Waals surface area contributed by atoms with Gasteiger partial charge in [0.15, 0.2) is 11.2 Å². The van der Waals surface area contributed by atoms with E-state index in [1.165, 1.54) is 22.3 Å². The molecule has 9 aromatic carbocycles. The number of hydrogen-bond acceptors (Lipinski definition) is 6. The molecule has 0 amide bonds. The van der Waals surface area contributed by atoms with Crippen LogP contribution >= 0.6 is 0 Å². The Morgan fingerprint density at radius 3 is 1.03 bits per heavy atom. The van der Waals surface area contributed by atoms with Crippen LogP contribution in [0.2, 0.25) is 0 Å². The highest BCUT2D eigenvalue weighted by Crippen LogP contribution is 2.64. The SMILES string of the molecule is CC1(C)c2ccc(N(c3ccccc3)c3cc4oc5cc6c(cc5c4c4c3oc3ccccc34)oc3cc(N(c4ccccc4)c4ccc5c(c4)C(C)(C)C(C)(C)C5(C)C)c4oc5ccccc5c4c36)cc2C(C)(C)C1(C)C. The van der Waals surface area contributed by atoms with Gasteiger partial charge in [-0.1, -0.05) is 168 Å². The maximum Gasteiger partial charge on any atom is 0.160 e. The fraction of sp³-hybridized carbons (Fsp3) is 0.250. The first-order valence-electron chi connectivity index (χ1n) is 27.7. The minimum absolute atomic E-state index is 0.0129. The molecule has 0 N–H and O–H groups in total. The van der Waals surface area contributed by atoms with Crippen molar-refractivity contribution in [3.05, 3.63) is 192 Å². The number of nitrogens with zero attached hydrogens (tertiary/aromatic N) is 2. The zero-order valence-electron chi connectivity index (χ0n) is 46.7. The molecule has 0 atom stereocenters. The van der Waals surface area contributed by atoms with Gasteiger partial charge in [-0.05, 0) is 128 Å². The lowest BCUT2D eigenvalue weighted by Crippen LogP contribution is -2.42. The van der Waals surface area contributed by atoms with Crippen molar-refractivity contribution in [3.8, 4) is 0 Å². The Balaban J connectivity index is 0.983. The number of rotatable bonds is 6. The minimum Gasteiger partial charge on any atom is -0.456 e. The molecule has 13 aromatic rings. The summed E-state index contributed by atoms with van der Waals surface area (Å²) in [5.74, 6) is 0. The van der Waals surface area contributed by atoms with Gasteiger partial charge in [0.1, 0.15) is 33.5 Å². The first kappa shape index (κ1) is 47.0. The zero-order valence-corrected chi connectivity index (χ0v) is 46.7. The zero-order chi connectivity index (χ0) is 53.8. The Kier molecular flexibility index (Phi) is 9.22. The molecule has 0 spiro atoms. The average Bonchev–Trinajstić information content (AvgIpc) is 4.16. The van der Waals surface area contributed by atoms with Crippen LogP contribution in [0.5, 0.6) is 0 Å². The maximum atomic E-state index is 7.23. The molecule has 2 aliphatic carbocycles. The fourth-order valence-corrected chi connectivity index (χ4v) is 14.5. The Morgan fingerprint density at radius 1 is 0.269 bits per heavy atom. The van der Waals surface area contributed by atoms with Crippen LogP contribution in [-0.2, 0) is 21.7 Å². The van der Waals surface area contributed by atoms with E-state index in [0.717, 1.165) is 122 Å². The summed E-state index contributed by atoms with van der Waals surface area (Å²) in [7, 11) is 0. The third-order valence-corrected chi connectivity index (χ3v) is 21.2. The van der Waals surface area contributed by atoms with Crippen molar-refractivity contribution in [3.63, 3.8) is 0 Å². The van der Waals surface area contributed by atoms with E-state index in [-0.39, 0.29) is 32.5 Å². The van der Waals surface area contributed by atoms with Crippen LogP contribution in [0.15, 0.2) is 188 Å². The molecule has 0 unspecified atom stereocenters. The van der Waals surface area contributed by atoms with E-state index in [1.54, 1.807) is 0 Å². The number of hydrogen-bond donors (Lipinski definition) is 0. The summed E-state index contributed by atoms with van der Waals surface area (Å²) >= 11 is 0. The molecular weight excluding hydrogens is 957 g/mol. The maximum absolute atomic E-state index is 7.23. The van der Waals surface area contributed by atoms with Crippen LogP contribution in [0.4, 0.5) is 34.1 Å².